The van der Waals surface area contributed by atoms with Crippen molar-refractivity contribution in [3.8, 4) is 0 Å². The van der Waals surface area contributed by atoms with Gasteiger partial charge in [0.1, 0.15) is 5.41 Å². The summed E-state index contributed by atoms with van der Waals surface area (Å²) in [5.41, 5.74) is -0.178. The molecule has 0 atom stereocenters. The van der Waals surface area contributed by atoms with Gasteiger partial charge in [0.15, 0.2) is 0 Å². The van der Waals surface area contributed by atoms with E-state index in [-0.39, 0.29) is 5.91 Å². The third kappa shape index (κ3) is 2.41. The molecule has 0 radical (unpaired) electrons. The second-order valence-electron chi connectivity index (χ2n) is 4.68. The maximum absolute atomic E-state index is 12.1. The first-order valence-electron chi connectivity index (χ1n) is 5.69. The van der Waals surface area contributed by atoms with Crippen molar-refractivity contribution >= 4 is 27.8 Å². The molecular weight excluding hydrogens is 298 g/mol. The van der Waals surface area contributed by atoms with E-state index in [4.69, 9.17) is 5.11 Å². The Labute approximate surface area is 114 Å². The monoisotopic (exact) mass is 311 g/mol. The van der Waals surface area contributed by atoms with Crippen LogP contribution in [0.5, 0.6) is 0 Å². The average Bonchev–Trinajstić information content (AvgIpc) is 3.09. The highest BCUT2D eigenvalue weighted by molar-refractivity contribution is 9.10. The van der Waals surface area contributed by atoms with Gasteiger partial charge < -0.3 is 10.0 Å². The molecule has 1 amide bonds. The standard InChI is InChI=1S/C13H14BrNO3/c1-15(8-9-3-2-4-10(14)7-9)11(16)13(5-6-13)12(17)18/h2-4,7H,5-6,8H2,1H3,(H,17,18). The summed E-state index contributed by atoms with van der Waals surface area (Å²) in [5, 5.41) is 9.08. The maximum atomic E-state index is 12.1. The van der Waals surface area contributed by atoms with Gasteiger partial charge in [-0.1, -0.05) is 28.1 Å². The van der Waals surface area contributed by atoms with E-state index in [1.54, 1.807) is 7.05 Å². The molecule has 18 heavy (non-hydrogen) atoms. The molecule has 96 valence electrons. The Balaban J connectivity index is 2.07. The number of benzene rings is 1. The van der Waals surface area contributed by atoms with Crippen molar-refractivity contribution in [3.63, 3.8) is 0 Å². The van der Waals surface area contributed by atoms with Gasteiger partial charge in [0, 0.05) is 18.1 Å². The number of carbonyl (C=O) groups is 2. The van der Waals surface area contributed by atoms with E-state index >= 15 is 0 Å². The second-order valence-corrected chi connectivity index (χ2v) is 5.59. The highest BCUT2D eigenvalue weighted by Gasteiger charge is 2.58. The summed E-state index contributed by atoms with van der Waals surface area (Å²) < 4.78 is 0.945. The van der Waals surface area contributed by atoms with Crippen LogP contribution in [0.25, 0.3) is 0 Å². The van der Waals surface area contributed by atoms with Crippen molar-refractivity contribution in [1.29, 1.82) is 0 Å². The lowest BCUT2D eigenvalue weighted by Crippen LogP contribution is -2.38. The molecule has 1 saturated carbocycles. The van der Waals surface area contributed by atoms with Crippen LogP contribution in [0.2, 0.25) is 0 Å². The SMILES string of the molecule is CN(Cc1cccc(Br)c1)C(=O)C1(C(=O)O)CC1. The number of hydrogen-bond donors (Lipinski definition) is 1. The number of hydrogen-bond acceptors (Lipinski definition) is 2. The molecule has 0 aliphatic heterocycles. The van der Waals surface area contributed by atoms with Crippen LogP contribution in [0.15, 0.2) is 28.7 Å². The lowest BCUT2D eigenvalue weighted by atomic mass is 10.1. The van der Waals surface area contributed by atoms with E-state index in [2.05, 4.69) is 15.9 Å². The first-order valence-corrected chi connectivity index (χ1v) is 6.48. The molecule has 1 aliphatic rings. The fourth-order valence-corrected chi connectivity index (χ4v) is 2.44. The Morgan fingerprint density at radius 1 is 1.44 bits per heavy atom. The number of nitrogens with zero attached hydrogens (tertiary/aromatic N) is 1. The largest absolute Gasteiger partial charge is 0.480 e. The van der Waals surface area contributed by atoms with Crippen molar-refractivity contribution in [1.82, 2.24) is 4.90 Å². The van der Waals surface area contributed by atoms with Crippen LogP contribution in [0.4, 0.5) is 0 Å². The molecule has 0 aromatic heterocycles. The van der Waals surface area contributed by atoms with Crippen molar-refractivity contribution in [2.75, 3.05) is 7.05 Å². The molecule has 0 spiro atoms. The number of amides is 1. The minimum Gasteiger partial charge on any atom is -0.480 e. The van der Waals surface area contributed by atoms with Crippen LogP contribution in [-0.4, -0.2) is 28.9 Å². The summed E-state index contributed by atoms with van der Waals surface area (Å²) in [4.78, 5) is 24.7. The van der Waals surface area contributed by atoms with E-state index in [9.17, 15) is 9.59 Å². The Morgan fingerprint density at radius 2 is 2.11 bits per heavy atom. The summed E-state index contributed by atoms with van der Waals surface area (Å²) >= 11 is 3.37. The summed E-state index contributed by atoms with van der Waals surface area (Å²) in [5.74, 6) is -1.30. The van der Waals surface area contributed by atoms with Gasteiger partial charge in [0.2, 0.25) is 5.91 Å². The zero-order valence-corrected chi connectivity index (χ0v) is 11.6. The topological polar surface area (TPSA) is 57.6 Å². The van der Waals surface area contributed by atoms with Gasteiger partial charge in [-0.15, -0.1) is 0 Å². The Kier molecular flexibility index (Phi) is 3.43. The first-order chi connectivity index (χ1) is 8.45. The Bertz CT molecular complexity index is 497. The molecule has 0 unspecified atom stereocenters. The predicted octanol–water partition coefficient (Wildman–Crippen LogP) is 2.27. The number of aliphatic carboxylic acids is 1. The summed E-state index contributed by atoms with van der Waals surface area (Å²) in [6.07, 6.45) is 0.897. The second kappa shape index (κ2) is 4.72. The molecule has 5 heteroatoms. The van der Waals surface area contributed by atoms with Gasteiger partial charge in [-0.2, -0.15) is 0 Å². The number of rotatable bonds is 4. The van der Waals surface area contributed by atoms with Gasteiger partial charge >= 0.3 is 5.97 Å². The van der Waals surface area contributed by atoms with Crippen molar-refractivity contribution < 1.29 is 14.7 Å². The van der Waals surface area contributed by atoms with E-state index < -0.39 is 11.4 Å². The molecular formula is C13H14BrNO3. The normalized spacial score (nSPS) is 16.1. The fourth-order valence-electron chi connectivity index (χ4n) is 1.99. The van der Waals surface area contributed by atoms with Gasteiger partial charge in [0.25, 0.3) is 0 Å². The molecule has 0 heterocycles. The van der Waals surface area contributed by atoms with Crippen molar-refractivity contribution in [2.24, 2.45) is 5.41 Å². The molecule has 1 fully saturated rings. The lowest BCUT2D eigenvalue weighted by Gasteiger charge is -2.21. The van der Waals surface area contributed by atoms with Crippen molar-refractivity contribution in [3.05, 3.63) is 34.3 Å². The highest BCUT2D eigenvalue weighted by Crippen LogP contribution is 2.47. The molecule has 4 nitrogen and oxygen atoms in total. The zero-order valence-electron chi connectivity index (χ0n) is 10.0. The number of carboxylic acid groups (broad SMARTS) is 1. The third-order valence-corrected chi connectivity index (χ3v) is 3.72. The van der Waals surface area contributed by atoms with Crippen LogP contribution in [0.1, 0.15) is 18.4 Å². The number of carbonyl (C=O) groups excluding carboxylic acids is 1. The van der Waals surface area contributed by atoms with Crippen LogP contribution < -0.4 is 0 Å². The van der Waals surface area contributed by atoms with Gasteiger partial charge in [-0.25, -0.2) is 0 Å². The van der Waals surface area contributed by atoms with Gasteiger partial charge in [0.05, 0.1) is 0 Å². The smallest absolute Gasteiger partial charge is 0.319 e. The minimum absolute atomic E-state index is 0.296. The summed E-state index contributed by atoms with van der Waals surface area (Å²) in [6.45, 7) is 0.424. The highest BCUT2D eigenvalue weighted by atomic mass is 79.9. The summed E-state index contributed by atoms with van der Waals surface area (Å²) in [7, 11) is 1.65. The molecule has 1 aromatic carbocycles. The van der Waals surface area contributed by atoms with Gasteiger partial charge in [-0.05, 0) is 30.5 Å². The molecule has 1 aromatic rings. The third-order valence-electron chi connectivity index (χ3n) is 3.22. The quantitative estimate of drug-likeness (QED) is 0.868. The minimum atomic E-state index is -1.15. The fraction of sp³-hybridized carbons (Fsp3) is 0.385. The molecule has 1 N–H and O–H groups in total. The Morgan fingerprint density at radius 3 is 2.61 bits per heavy atom. The molecule has 1 aliphatic carbocycles. The maximum Gasteiger partial charge on any atom is 0.319 e. The van der Waals surface area contributed by atoms with E-state index in [0.29, 0.717) is 19.4 Å². The summed E-state index contributed by atoms with van der Waals surface area (Å²) in [6, 6.07) is 7.63. The van der Waals surface area contributed by atoms with E-state index in [1.807, 2.05) is 24.3 Å². The first kappa shape index (κ1) is 13.1. The van der Waals surface area contributed by atoms with Crippen LogP contribution >= 0.6 is 15.9 Å². The van der Waals surface area contributed by atoms with E-state index in [1.165, 1.54) is 4.90 Å². The Hall–Kier alpha value is -1.36. The number of halogens is 1. The molecule has 0 saturated heterocycles. The molecule has 2 rings (SSSR count). The number of carboxylic acids is 1. The van der Waals surface area contributed by atoms with Crippen LogP contribution in [0.3, 0.4) is 0 Å². The average molecular weight is 312 g/mol. The lowest BCUT2D eigenvalue weighted by molar-refractivity contribution is -0.153. The van der Waals surface area contributed by atoms with Crippen molar-refractivity contribution in [2.45, 2.75) is 19.4 Å². The predicted molar refractivity (Wildman–Crippen MR) is 69.9 cm³/mol. The zero-order chi connectivity index (χ0) is 13.3. The van der Waals surface area contributed by atoms with Crippen LogP contribution in [-0.2, 0) is 16.1 Å². The van der Waals surface area contributed by atoms with Gasteiger partial charge in [-0.3, -0.25) is 9.59 Å². The van der Waals surface area contributed by atoms with E-state index in [0.717, 1.165) is 10.0 Å². The van der Waals surface area contributed by atoms with Crippen LogP contribution in [0, 0.1) is 5.41 Å². The molecule has 0 bridgehead atoms.